The molecule has 0 N–H and O–H groups in total. The van der Waals surface area contributed by atoms with Crippen molar-refractivity contribution in [1.29, 1.82) is 0 Å². The number of nitrogens with zero attached hydrogens (tertiary/aromatic N) is 3. The van der Waals surface area contributed by atoms with Crippen LogP contribution < -0.4 is 9.47 Å². The summed E-state index contributed by atoms with van der Waals surface area (Å²) in [5.74, 6) is 1.91. The van der Waals surface area contributed by atoms with Crippen LogP contribution in [0.2, 0.25) is 0 Å². The monoisotopic (exact) mass is 289 g/mol. The average molecular weight is 289 g/mol. The standard InChI is InChI=1S/C15H19N3O3/c1-3-7-18-15(16-11-17-18)10-21-13-6-5-12(9-19)8-14(13)20-4-2/h5-6,8-9,11H,3-4,7,10H2,1-2H3. The lowest BCUT2D eigenvalue weighted by molar-refractivity contribution is 0.112. The van der Waals surface area contributed by atoms with Crippen LogP contribution in [-0.4, -0.2) is 27.7 Å². The summed E-state index contributed by atoms with van der Waals surface area (Å²) in [7, 11) is 0. The molecule has 112 valence electrons. The molecule has 6 nitrogen and oxygen atoms in total. The topological polar surface area (TPSA) is 66.2 Å². The quantitative estimate of drug-likeness (QED) is 0.698. The summed E-state index contributed by atoms with van der Waals surface area (Å²) < 4.78 is 13.1. The molecule has 0 atom stereocenters. The van der Waals surface area contributed by atoms with Gasteiger partial charge in [0.2, 0.25) is 0 Å². The fourth-order valence-electron chi connectivity index (χ4n) is 1.93. The first-order valence-corrected chi connectivity index (χ1v) is 7.00. The van der Waals surface area contributed by atoms with Gasteiger partial charge < -0.3 is 9.47 Å². The zero-order valence-corrected chi connectivity index (χ0v) is 12.3. The zero-order valence-electron chi connectivity index (χ0n) is 12.3. The molecule has 0 spiro atoms. The van der Waals surface area contributed by atoms with Crippen LogP contribution in [-0.2, 0) is 13.2 Å². The molecule has 0 radical (unpaired) electrons. The van der Waals surface area contributed by atoms with Crippen LogP contribution in [0.5, 0.6) is 11.5 Å². The fourth-order valence-corrected chi connectivity index (χ4v) is 1.93. The third-order valence-electron chi connectivity index (χ3n) is 2.89. The van der Waals surface area contributed by atoms with Crippen LogP contribution in [0.3, 0.4) is 0 Å². The van der Waals surface area contributed by atoms with Gasteiger partial charge in [0.25, 0.3) is 0 Å². The number of rotatable bonds is 8. The maximum atomic E-state index is 10.8. The highest BCUT2D eigenvalue weighted by Gasteiger charge is 2.09. The maximum absolute atomic E-state index is 10.8. The summed E-state index contributed by atoms with van der Waals surface area (Å²) in [4.78, 5) is 15.0. The molecule has 0 aliphatic carbocycles. The van der Waals surface area contributed by atoms with Gasteiger partial charge in [0.05, 0.1) is 6.61 Å². The number of carbonyl (C=O) groups excluding carboxylic acids is 1. The van der Waals surface area contributed by atoms with Crippen LogP contribution in [0, 0.1) is 0 Å². The normalized spacial score (nSPS) is 10.4. The number of aryl methyl sites for hydroxylation is 1. The van der Waals surface area contributed by atoms with Gasteiger partial charge in [0.15, 0.2) is 17.3 Å². The Morgan fingerprint density at radius 1 is 1.24 bits per heavy atom. The van der Waals surface area contributed by atoms with Gasteiger partial charge >= 0.3 is 0 Å². The molecule has 0 fully saturated rings. The van der Waals surface area contributed by atoms with Crippen molar-refractivity contribution in [2.45, 2.75) is 33.4 Å². The molecule has 0 bridgehead atoms. The van der Waals surface area contributed by atoms with Gasteiger partial charge in [0.1, 0.15) is 19.2 Å². The number of hydrogen-bond acceptors (Lipinski definition) is 5. The van der Waals surface area contributed by atoms with Crippen molar-refractivity contribution >= 4 is 6.29 Å². The number of aldehydes is 1. The fraction of sp³-hybridized carbons (Fsp3) is 0.400. The van der Waals surface area contributed by atoms with E-state index in [4.69, 9.17) is 9.47 Å². The number of aromatic nitrogens is 3. The van der Waals surface area contributed by atoms with Gasteiger partial charge in [-0.2, -0.15) is 5.10 Å². The molecule has 1 aromatic heterocycles. The lowest BCUT2D eigenvalue weighted by atomic mass is 10.2. The van der Waals surface area contributed by atoms with E-state index in [0.29, 0.717) is 30.3 Å². The maximum Gasteiger partial charge on any atom is 0.164 e. The number of ether oxygens (including phenoxy) is 2. The Kier molecular flexibility index (Phi) is 5.31. The van der Waals surface area contributed by atoms with Gasteiger partial charge in [-0.25, -0.2) is 9.67 Å². The summed E-state index contributed by atoms with van der Waals surface area (Å²) in [6.07, 6.45) is 3.28. The van der Waals surface area contributed by atoms with E-state index in [1.54, 1.807) is 18.2 Å². The van der Waals surface area contributed by atoms with E-state index >= 15 is 0 Å². The molecule has 0 saturated heterocycles. The average Bonchev–Trinajstić information content (AvgIpc) is 2.94. The lowest BCUT2D eigenvalue weighted by Gasteiger charge is -2.12. The van der Waals surface area contributed by atoms with Crippen molar-refractivity contribution in [3.8, 4) is 11.5 Å². The van der Waals surface area contributed by atoms with Gasteiger partial charge in [-0.1, -0.05) is 6.92 Å². The van der Waals surface area contributed by atoms with Crippen molar-refractivity contribution in [1.82, 2.24) is 14.8 Å². The number of carbonyl (C=O) groups is 1. The highest BCUT2D eigenvalue weighted by Crippen LogP contribution is 2.28. The second-order valence-corrected chi connectivity index (χ2v) is 4.45. The molecule has 21 heavy (non-hydrogen) atoms. The minimum atomic E-state index is 0.306. The van der Waals surface area contributed by atoms with Crippen LogP contribution in [0.15, 0.2) is 24.5 Å². The summed E-state index contributed by atoms with van der Waals surface area (Å²) in [5.41, 5.74) is 0.556. The van der Waals surface area contributed by atoms with E-state index in [9.17, 15) is 4.79 Å². The van der Waals surface area contributed by atoms with Crippen LogP contribution in [0.1, 0.15) is 36.5 Å². The van der Waals surface area contributed by atoms with Gasteiger partial charge in [-0.15, -0.1) is 0 Å². The van der Waals surface area contributed by atoms with E-state index in [2.05, 4.69) is 17.0 Å². The second-order valence-electron chi connectivity index (χ2n) is 4.45. The third-order valence-corrected chi connectivity index (χ3v) is 2.89. The van der Waals surface area contributed by atoms with E-state index in [-0.39, 0.29) is 0 Å². The molecule has 0 aliphatic heterocycles. The first kappa shape index (κ1) is 15.0. The number of hydrogen-bond donors (Lipinski definition) is 0. The molecule has 6 heteroatoms. The minimum Gasteiger partial charge on any atom is -0.490 e. The van der Waals surface area contributed by atoms with Crippen LogP contribution in [0.25, 0.3) is 0 Å². The van der Waals surface area contributed by atoms with E-state index < -0.39 is 0 Å². The number of benzene rings is 1. The molecular weight excluding hydrogens is 270 g/mol. The Morgan fingerprint density at radius 3 is 2.81 bits per heavy atom. The Balaban J connectivity index is 2.11. The Morgan fingerprint density at radius 2 is 2.10 bits per heavy atom. The summed E-state index contributed by atoms with van der Waals surface area (Å²) in [5, 5.41) is 4.15. The lowest BCUT2D eigenvalue weighted by Crippen LogP contribution is -2.09. The van der Waals surface area contributed by atoms with Gasteiger partial charge in [0, 0.05) is 12.1 Å². The van der Waals surface area contributed by atoms with Gasteiger partial charge in [-0.05, 0) is 31.5 Å². The summed E-state index contributed by atoms with van der Waals surface area (Å²) in [6.45, 7) is 5.58. The van der Waals surface area contributed by atoms with Crippen molar-refractivity contribution in [2.75, 3.05) is 6.61 Å². The highest BCUT2D eigenvalue weighted by molar-refractivity contribution is 5.76. The Labute approximate surface area is 123 Å². The molecular formula is C15H19N3O3. The zero-order chi connectivity index (χ0) is 15.1. The van der Waals surface area contributed by atoms with Crippen molar-refractivity contribution < 1.29 is 14.3 Å². The summed E-state index contributed by atoms with van der Waals surface area (Å²) >= 11 is 0. The van der Waals surface area contributed by atoms with Crippen LogP contribution in [0.4, 0.5) is 0 Å². The molecule has 0 saturated carbocycles. The molecule has 2 rings (SSSR count). The Hall–Kier alpha value is -2.37. The van der Waals surface area contributed by atoms with E-state index in [1.165, 1.54) is 6.33 Å². The minimum absolute atomic E-state index is 0.306. The van der Waals surface area contributed by atoms with Crippen molar-refractivity contribution in [3.63, 3.8) is 0 Å². The van der Waals surface area contributed by atoms with E-state index in [0.717, 1.165) is 25.1 Å². The Bertz CT molecular complexity index is 596. The second kappa shape index (κ2) is 7.42. The molecule has 1 heterocycles. The largest absolute Gasteiger partial charge is 0.490 e. The predicted octanol–water partition coefficient (Wildman–Crippen LogP) is 2.48. The SMILES string of the molecule is CCCn1ncnc1COc1ccc(C=O)cc1OCC. The van der Waals surface area contributed by atoms with E-state index in [1.807, 2.05) is 11.6 Å². The molecule has 0 amide bonds. The predicted molar refractivity (Wildman–Crippen MR) is 77.6 cm³/mol. The molecule has 1 aromatic carbocycles. The van der Waals surface area contributed by atoms with Crippen molar-refractivity contribution in [2.24, 2.45) is 0 Å². The molecule has 0 aliphatic rings. The van der Waals surface area contributed by atoms with Crippen molar-refractivity contribution in [3.05, 3.63) is 35.9 Å². The first-order valence-electron chi connectivity index (χ1n) is 7.00. The molecule has 2 aromatic rings. The van der Waals surface area contributed by atoms with Gasteiger partial charge in [-0.3, -0.25) is 4.79 Å². The third kappa shape index (κ3) is 3.81. The highest BCUT2D eigenvalue weighted by atomic mass is 16.5. The first-order chi connectivity index (χ1) is 10.3. The van der Waals surface area contributed by atoms with Crippen LogP contribution >= 0.6 is 0 Å². The molecule has 0 unspecified atom stereocenters. The smallest absolute Gasteiger partial charge is 0.164 e. The summed E-state index contributed by atoms with van der Waals surface area (Å²) in [6, 6.07) is 5.10.